The quantitative estimate of drug-likeness (QED) is 0.403. The predicted molar refractivity (Wildman–Crippen MR) is 119 cm³/mol. The van der Waals surface area contributed by atoms with Crippen molar-refractivity contribution >= 4 is 16.9 Å². The maximum Gasteiger partial charge on any atom is 0.191 e. The van der Waals surface area contributed by atoms with Gasteiger partial charge in [0, 0.05) is 36.7 Å². The van der Waals surface area contributed by atoms with E-state index < -0.39 is 0 Å². The summed E-state index contributed by atoms with van der Waals surface area (Å²) in [5.74, 6) is 0.582. The lowest BCUT2D eigenvalue weighted by Gasteiger charge is -2.14. The van der Waals surface area contributed by atoms with E-state index in [1.165, 1.54) is 28.8 Å². The molecule has 0 saturated carbocycles. The van der Waals surface area contributed by atoms with E-state index in [1.807, 2.05) is 12.3 Å². The van der Waals surface area contributed by atoms with Crippen molar-refractivity contribution in [3.63, 3.8) is 0 Å². The van der Waals surface area contributed by atoms with Crippen molar-refractivity contribution in [1.29, 1.82) is 0 Å². The lowest BCUT2D eigenvalue weighted by Crippen LogP contribution is -2.38. The molecule has 0 atom stereocenters. The number of H-pyrrole nitrogens is 1. The summed E-state index contributed by atoms with van der Waals surface area (Å²) in [6.07, 6.45) is 2.78. The summed E-state index contributed by atoms with van der Waals surface area (Å²) in [6, 6.07) is 13.3. The number of aromatic nitrogens is 1. The predicted octanol–water partition coefficient (Wildman–Crippen LogP) is 3.67. The molecule has 3 rings (SSSR count). The zero-order chi connectivity index (χ0) is 20.6. The molecule has 1 heterocycles. The summed E-state index contributed by atoms with van der Waals surface area (Å²) in [4.78, 5) is 10.1. The van der Waals surface area contributed by atoms with Gasteiger partial charge in [-0.2, -0.15) is 0 Å². The van der Waals surface area contributed by atoms with Crippen LogP contribution in [0.5, 0.6) is 0 Å². The molecule has 2 aromatic carbocycles. The molecule has 29 heavy (non-hydrogen) atoms. The molecule has 0 fully saturated rings. The maximum atomic E-state index is 13.4. The highest BCUT2D eigenvalue weighted by molar-refractivity contribution is 5.83. The van der Waals surface area contributed by atoms with Crippen molar-refractivity contribution in [2.24, 2.45) is 4.99 Å². The fraction of sp³-hybridized carbons (Fsp3) is 0.348. The van der Waals surface area contributed by atoms with Crippen molar-refractivity contribution in [3.05, 3.63) is 71.2 Å². The molecule has 6 heteroatoms. The zero-order valence-electron chi connectivity index (χ0n) is 17.4. The molecule has 0 spiro atoms. The number of nitrogens with zero attached hydrogens (tertiary/aromatic N) is 2. The van der Waals surface area contributed by atoms with Gasteiger partial charge in [-0.25, -0.2) is 9.38 Å². The maximum absolute atomic E-state index is 13.4. The van der Waals surface area contributed by atoms with Gasteiger partial charge in [0.05, 0.1) is 6.54 Å². The van der Waals surface area contributed by atoms with Crippen molar-refractivity contribution in [2.75, 3.05) is 27.2 Å². The van der Waals surface area contributed by atoms with E-state index >= 15 is 0 Å². The van der Waals surface area contributed by atoms with Crippen molar-refractivity contribution < 1.29 is 4.39 Å². The number of nitrogens with one attached hydrogen (secondary N) is 3. The second kappa shape index (κ2) is 10.1. The molecule has 154 valence electrons. The fourth-order valence-corrected chi connectivity index (χ4v) is 3.39. The van der Waals surface area contributed by atoms with Crippen LogP contribution in [0.25, 0.3) is 10.9 Å². The first-order chi connectivity index (χ1) is 14.1. The Kier molecular flexibility index (Phi) is 7.25. The molecule has 0 radical (unpaired) electrons. The lowest BCUT2D eigenvalue weighted by molar-refractivity contribution is 0.401. The Morgan fingerprint density at radius 2 is 1.86 bits per heavy atom. The first kappa shape index (κ1) is 20.9. The van der Waals surface area contributed by atoms with Crippen LogP contribution < -0.4 is 10.6 Å². The van der Waals surface area contributed by atoms with Gasteiger partial charge in [0.1, 0.15) is 5.82 Å². The molecular formula is C23H30FN5. The minimum atomic E-state index is -0.222. The van der Waals surface area contributed by atoms with Crippen LogP contribution >= 0.6 is 0 Å². The van der Waals surface area contributed by atoms with E-state index in [0.717, 1.165) is 42.9 Å². The van der Waals surface area contributed by atoms with Crippen LogP contribution in [0, 0.1) is 5.82 Å². The first-order valence-corrected chi connectivity index (χ1v) is 10.1. The van der Waals surface area contributed by atoms with Crippen LogP contribution in [-0.4, -0.2) is 43.0 Å². The normalized spacial score (nSPS) is 12.0. The lowest BCUT2D eigenvalue weighted by atomic mass is 10.1. The average molecular weight is 396 g/mol. The number of aromatic amines is 1. The molecule has 5 nitrogen and oxygen atoms in total. The Bertz CT molecular complexity index is 961. The molecular weight excluding hydrogens is 365 g/mol. The number of halogens is 1. The van der Waals surface area contributed by atoms with Gasteiger partial charge in [0.15, 0.2) is 5.96 Å². The molecule has 0 saturated heterocycles. The molecule has 0 unspecified atom stereocenters. The summed E-state index contributed by atoms with van der Waals surface area (Å²) in [6.45, 7) is 5.14. The Morgan fingerprint density at radius 3 is 2.62 bits per heavy atom. The highest BCUT2D eigenvalue weighted by Gasteiger charge is 2.06. The second-order valence-corrected chi connectivity index (χ2v) is 7.38. The van der Waals surface area contributed by atoms with E-state index in [9.17, 15) is 4.39 Å². The number of fused-ring (bicyclic) bond motifs is 1. The van der Waals surface area contributed by atoms with E-state index in [1.54, 1.807) is 0 Å². The largest absolute Gasteiger partial charge is 0.361 e. The van der Waals surface area contributed by atoms with E-state index in [4.69, 9.17) is 4.99 Å². The summed E-state index contributed by atoms with van der Waals surface area (Å²) < 4.78 is 13.4. The van der Waals surface area contributed by atoms with Crippen molar-refractivity contribution in [1.82, 2.24) is 20.5 Å². The van der Waals surface area contributed by atoms with Crippen molar-refractivity contribution in [2.45, 2.75) is 26.4 Å². The standard InChI is InChI=1S/C23H30FN5/c1-4-25-23(28-14-17-7-5-6-8-19(17)16-29(2)3)26-12-11-18-15-27-22-13-20(24)9-10-21(18)22/h5-10,13,15,27H,4,11-12,14,16H2,1-3H3,(H2,25,26,28). The molecule has 0 bridgehead atoms. The van der Waals surface area contributed by atoms with E-state index in [-0.39, 0.29) is 5.82 Å². The van der Waals surface area contributed by atoms with Gasteiger partial charge < -0.3 is 20.5 Å². The van der Waals surface area contributed by atoms with Gasteiger partial charge >= 0.3 is 0 Å². The number of benzene rings is 2. The molecule has 0 aliphatic carbocycles. The summed E-state index contributed by atoms with van der Waals surface area (Å²) in [5.41, 5.74) is 4.53. The number of hydrogen-bond donors (Lipinski definition) is 3. The summed E-state index contributed by atoms with van der Waals surface area (Å²) in [7, 11) is 4.15. The number of aliphatic imine (C=N–C) groups is 1. The minimum Gasteiger partial charge on any atom is -0.361 e. The topological polar surface area (TPSA) is 55.5 Å². The highest BCUT2D eigenvalue weighted by atomic mass is 19.1. The SMILES string of the molecule is CCNC(=NCc1ccccc1CN(C)C)NCCc1c[nH]c2cc(F)ccc12. The first-order valence-electron chi connectivity index (χ1n) is 10.1. The molecule has 1 aromatic heterocycles. The van der Waals surface area contributed by atoms with Gasteiger partial charge in [0.25, 0.3) is 0 Å². The highest BCUT2D eigenvalue weighted by Crippen LogP contribution is 2.19. The molecule has 0 amide bonds. The summed E-state index contributed by atoms with van der Waals surface area (Å²) >= 11 is 0. The van der Waals surface area contributed by atoms with Gasteiger partial charge in [0.2, 0.25) is 0 Å². The van der Waals surface area contributed by atoms with Crippen molar-refractivity contribution in [3.8, 4) is 0 Å². The number of rotatable bonds is 8. The monoisotopic (exact) mass is 395 g/mol. The van der Waals surface area contributed by atoms with Crippen LogP contribution in [0.2, 0.25) is 0 Å². The number of hydrogen-bond acceptors (Lipinski definition) is 2. The van der Waals surface area contributed by atoms with Gasteiger partial charge in [-0.05, 0) is 62.3 Å². The Labute approximate surface area is 172 Å². The molecule has 0 aliphatic rings. The third kappa shape index (κ3) is 5.81. The third-order valence-electron chi connectivity index (χ3n) is 4.77. The van der Waals surface area contributed by atoms with Gasteiger partial charge in [-0.15, -0.1) is 0 Å². The fourth-order valence-electron chi connectivity index (χ4n) is 3.39. The zero-order valence-corrected chi connectivity index (χ0v) is 17.4. The molecule has 3 aromatic rings. The van der Waals surface area contributed by atoms with Crippen LogP contribution in [0.1, 0.15) is 23.6 Å². The van der Waals surface area contributed by atoms with E-state index in [2.05, 4.69) is 65.8 Å². The molecule has 3 N–H and O–H groups in total. The van der Waals surface area contributed by atoms with Crippen LogP contribution in [-0.2, 0) is 19.5 Å². The number of guanidine groups is 1. The second-order valence-electron chi connectivity index (χ2n) is 7.38. The average Bonchev–Trinajstić information content (AvgIpc) is 3.08. The Hall–Kier alpha value is -2.86. The molecule has 0 aliphatic heterocycles. The van der Waals surface area contributed by atoms with E-state index in [0.29, 0.717) is 6.54 Å². The van der Waals surface area contributed by atoms with Crippen LogP contribution in [0.3, 0.4) is 0 Å². The van der Waals surface area contributed by atoms with Gasteiger partial charge in [-0.3, -0.25) is 0 Å². The minimum absolute atomic E-state index is 0.222. The van der Waals surface area contributed by atoms with Crippen LogP contribution in [0.15, 0.2) is 53.7 Å². The third-order valence-corrected chi connectivity index (χ3v) is 4.77. The van der Waals surface area contributed by atoms with Crippen LogP contribution in [0.4, 0.5) is 4.39 Å². The van der Waals surface area contributed by atoms with Gasteiger partial charge in [-0.1, -0.05) is 24.3 Å². The Balaban J connectivity index is 1.62. The smallest absolute Gasteiger partial charge is 0.191 e. The Morgan fingerprint density at radius 1 is 1.07 bits per heavy atom. The summed E-state index contributed by atoms with van der Waals surface area (Å²) in [5, 5.41) is 7.78.